The molecule has 0 saturated carbocycles. The van der Waals surface area contributed by atoms with Crippen molar-refractivity contribution in [3.8, 4) is 5.75 Å². The van der Waals surface area contributed by atoms with Gasteiger partial charge in [-0.05, 0) is 45.4 Å². The predicted octanol–water partition coefficient (Wildman–Crippen LogP) is 2.70. The number of nitro benzene ring substituents is 2. The van der Waals surface area contributed by atoms with Crippen LogP contribution >= 0.6 is 0 Å². The summed E-state index contributed by atoms with van der Waals surface area (Å²) in [5.74, 6) is 5.00. The van der Waals surface area contributed by atoms with E-state index >= 15 is 0 Å². The highest BCUT2D eigenvalue weighted by Gasteiger charge is 2.19. The summed E-state index contributed by atoms with van der Waals surface area (Å²) in [5, 5.41) is 33.6. The summed E-state index contributed by atoms with van der Waals surface area (Å²) < 4.78 is 5.15. The lowest BCUT2D eigenvalue weighted by Gasteiger charge is -2.23. The number of nitrogens with one attached hydrogen (secondary N) is 1. The molecule has 1 heterocycles. The van der Waals surface area contributed by atoms with Crippen LogP contribution in [0.15, 0.2) is 41.7 Å². The largest absolute Gasteiger partial charge is 0.502 e. The monoisotopic (exact) mass is 409 g/mol. The molecule has 1 aromatic carbocycles. The Morgan fingerprint density at radius 3 is 2.38 bits per heavy atom. The maximum atomic E-state index is 11.5. The highest BCUT2D eigenvalue weighted by Crippen LogP contribution is 2.29. The van der Waals surface area contributed by atoms with Crippen molar-refractivity contribution in [1.82, 2.24) is 10.3 Å². The first kappa shape index (κ1) is 23.4. The molecule has 0 bridgehead atoms. The zero-order chi connectivity index (χ0) is 22.4. The summed E-state index contributed by atoms with van der Waals surface area (Å²) in [6.07, 6.45) is 3.01. The van der Waals surface area contributed by atoms with E-state index in [0.29, 0.717) is 12.6 Å². The lowest BCUT2D eigenvalue weighted by molar-refractivity contribution is -0.394. The van der Waals surface area contributed by atoms with Crippen LogP contribution < -0.4 is 11.2 Å². The van der Waals surface area contributed by atoms with Gasteiger partial charge >= 0.3 is 11.8 Å². The summed E-state index contributed by atoms with van der Waals surface area (Å²) in [6, 6.07) is 2.61. The Labute approximate surface area is 166 Å². The van der Waals surface area contributed by atoms with Gasteiger partial charge in [0.2, 0.25) is 0 Å². The molecule has 0 spiro atoms. The molecule has 0 unspecified atom stereocenters. The van der Waals surface area contributed by atoms with Crippen molar-refractivity contribution in [2.24, 2.45) is 5.84 Å². The second-order valence-corrected chi connectivity index (χ2v) is 7.00. The topological polar surface area (TPSA) is 174 Å². The molecule has 0 fully saturated rings. The molecule has 12 heteroatoms. The van der Waals surface area contributed by atoms with E-state index < -0.39 is 38.7 Å². The molecule has 12 nitrogen and oxygen atoms in total. The van der Waals surface area contributed by atoms with Crippen LogP contribution in [0.5, 0.6) is 5.75 Å². The van der Waals surface area contributed by atoms with Gasteiger partial charge in [-0.3, -0.25) is 25.5 Å². The van der Waals surface area contributed by atoms with Gasteiger partial charge < -0.3 is 14.9 Å². The average Bonchev–Trinajstić information content (AvgIpc) is 2.56. The van der Waals surface area contributed by atoms with Crippen LogP contribution in [0.2, 0.25) is 0 Å². The second-order valence-electron chi connectivity index (χ2n) is 7.00. The van der Waals surface area contributed by atoms with Crippen molar-refractivity contribution < 1.29 is 24.5 Å². The van der Waals surface area contributed by atoms with Crippen LogP contribution in [0, 0.1) is 20.2 Å². The first-order valence-electron chi connectivity index (χ1n) is 8.31. The average molecular weight is 409 g/mol. The van der Waals surface area contributed by atoms with Crippen molar-refractivity contribution in [3.63, 3.8) is 0 Å². The Bertz CT molecular complexity index is 858. The molecular formula is C17H23N5O7. The number of alkyl carbamates (subject to hydrolysis) is 1. The number of non-ortho nitro benzene ring substituents is 1. The van der Waals surface area contributed by atoms with Crippen LogP contribution in [0.1, 0.15) is 27.7 Å². The van der Waals surface area contributed by atoms with Gasteiger partial charge in [-0.1, -0.05) is 0 Å². The number of nitro groups is 2. The maximum Gasteiger partial charge on any atom is 0.412 e. The molecule has 1 aromatic rings. The minimum absolute atomic E-state index is 0.426. The normalized spacial score (nSPS) is 13.3. The lowest BCUT2D eigenvalue weighted by atomic mass is 10.2. The van der Waals surface area contributed by atoms with Gasteiger partial charge in [0.15, 0.2) is 5.75 Å². The number of aromatic hydroxyl groups is 1. The molecule has 0 radical (unpaired) electrons. The van der Waals surface area contributed by atoms with E-state index in [1.807, 2.05) is 27.7 Å². The van der Waals surface area contributed by atoms with E-state index in [0.717, 1.165) is 23.4 Å². The maximum absolute atomic E-state index is 11.5. The number of phenols is 1. The first-order valence-corrected chi connectivity index (χ1v) is 8.31. The molecule has 29 heavy (non-hydrogen) atoms. The zero-order valence-corrected chi connectivity index (χ0v) is 16.4. The van der Waals surface area contributed by atoms with Crippen molar-refractivity contribution in [2.45, 2.75) is 33.3 Å². The Hall–Kier alpha value is -3.67. The number of allylic oxidation sites excluding steroid dienone is 1. The van der Waals surface area contributed by atoms with E-state index in [2.05, 4.69) is 5.32 Å². The Morgan fingerprint density at radius 2 is 1.90 bits per heavy atom. The van der Waals surface area contributed by atoms with Gasteiger partial charge in [0.05, 0.1) is 22.5 Å². The number of nitrogens with two attached hydrogens (primary N) is 1. The molecule has 0 saturated heterocycles. The summed E-state index contributed by atoms with van der Waals surface area (Å²) >= 11 is 0. The molecule has 158 valence electrons. The number of hydrogen-bond donors (Lipinski definition) is 3. The number of carbonyl (C=O) groups excluding carboxylic acids is 1. The quantitative estimate of drug-likeness (QED) is 0.385. The molecule has 1 aliphatic heterocycles. The molecule has 0 aliphatic carbocycles. The van der Waals surface area contributed by atoms with Crippen molar-refractivity contribution in [1.29, 1.82) is 0 Å². The number of carbonyl (C=O) groups is 1. The van der Waals surface area contributed by atoms with Gasteiger partial charge in [0.1, 0.15) is 5.60 Å². The Balaban J connectivity index is 0.000000296. The molecule has 2 rings (SSSR count). The van der Waals surface area contributed by atoms with E-state index in [1.54, 1.807) is 17.3 Å². The third-order valence-electron chi connectivity index (χ3n) is 3.31. The van der Waals surface area contributed by atoms with Gasteiger partial charge in [-0.2, -0.15) is 0 Å². The third-order valence-corrected chi connectivity index (χ3v) is 3.31. The zero-order valence-electron chi connectivity index (χ0n) is 16.4. The number of benzene rings is 1. The summed E-state index contributed by atoms with van der Waals surface area (Å²) in [7, 11) is 0. The van der Waals surface area contributed by atoms with Crippen LogP contribution in [0.3, 0.4) is 0 Å². The summed E-state index contributed by atoms with van der Waals surface area (Å²) in [4.78, 5) is 30.3. The van der Waals surface area contributed by atoms with Gasteiger partial charge in [-0.25, -0.2) is 10.6 Å². The van der Waals surface area contributed by atoms with Gasteiger partial charge in [-0.15, -0.1) is 0 Å². The van der Waals surface area contributed by atoms with Crippen molar-refractivity contribution in [2.75, 3.05) is 6.54 Å². The highest BCUT2D eigenvalue weighted by atomic mass is 16.6. The summed E-state index contributed by atoms with van der Waals surface area (Å²) in [6.45, 7) is 7.99. The molecule has 1 aliphatic rings. The number of hydrogen-bond acceptors (Lipinski definition) is 9. The fourth-order valence-electron chi connectivity index (χ4n) is 2.06. The fraction of sp³-hybridized carbons (Fsp3) is 0.353. The number of rotatable bonds is 3. The first-order chi connectivity index (χ1) is 13.3. The number of ether oxygens (including phenoxy) is 1. The number of nitrogens with zero attached hydrogens (tertiary/aromatic N) is 3. The van der Waals surface area contributed by atoms with Crippen LogP contribution in [0.4, 0.5) is 16.2 Å². The fourth-order valence-corrected chi connectivity index (χ4v) is 2.06. The number of hydrazine groups is 1. The molecule has 4 N–H and O–H groups in total. The molecule has 0 aromatic heterocycles. The van der Waals surface area contributed by atoms with E-state index in [-0.39, 0.29) is 0 Å². The lowest BCUT2D eigenvalue weighted by Crippen LogP contribution is -2.35. The Morgan fingerprint density at radius 1 is 1.28 bits per heavy atom. The standard InChI is InChI=1S/C11H19N3O2.C6H4N2O5/c1-8-7-14(12)6-5-9(8)13-10(15)16-11(2,3)4;9-6-2-1-4(7(10)11)3-5(6)8(12)13/h5-6H,7,12H2,1-4H3,(H,13,15);1-3,9H. The van der Waals surface area contributed by atoms with Crippen LogP contribution in [0.25, 0.3) is 0 Å². The number of phenolic OH excluding ortho intramolecular Hbond substituents is 1. The SMILES string of the molecule is CC1=C(NC(=O)OC(C)(C)C)C=CN(N)C1.O=[N+]([O-])c1ccc(O)c([N+](=O)[O-])c1. The van der Waals surface area contributed by atoms with E-state index in [9.17, 15) is 25.0 Å². The van der Waals surface area contributed by atoms with Gasteiger partial charge in [0.25, 0.3) is 5.69 Å². The predicted molar refractivity (Wildman–Crippen MR) is 104 cm³/mol. The summed E-state index contributed by atoms with van der Waals surface area (Å²) in [5.41, 5.74) is 0.155. The molecule has 0 atom stereocenters. The van der Waals surface area contributed by atoms with Crippen LogP contribution in [-0.4, -0.2) is 38.2 Å². The number of amides is 1. The smallest absolute Gasteiger partial charge is 0.412 e. The van der Waals surface area contributed by atoms with Gasteiger partial charge in [0, 0.05) is 18.0 Å². The van der Waals surface area contributed by atoms with E-state index in [1.165, 1.54) is 0 Å². The van der Waals surface area contributed by atoms with Crippen molar-refractivity contribution >= 4 is 17.5 Å². The third kappa shape index (κ3) is 7.84. The minimum atomic E-state index is -0.887. The van der Waals surface area contributed by atoms with Crippen molar-refractivity contribution in [3.05, 3.63) is 62.0 Å². The molecular weight excluding hydrogens is 386 g/mol. The highest BCUT2D eigenvalue weighted by molar-refractivity contribution is 5.71. The second kappa shape index (κ2) is 9.50. The minimum Gasteiger partial charge on any atom is -0.502 e. The molecule has 1 amide bonds. The Kier molecular flexibility index (Phi) is 7.66. The van der Waals surface area contributed by atoms with E-state index in [4.69, 9.17) is 15.7 Å². The van der Waals surface area contributed by atoms with Crippen LogP contribution in [-0.2, 0) is 4.74 Å².